The fourth-order valence-electron chi connectivity index (χ4n) is 1.23. The van der Waals surface area contributed by atoms with E-state index in [1.807, 2.05) is 0 Å². The Morgan fingerprint density at radius 3 is 2.00 bits per heavy atom. The third-order valence-corrected chi connectivity index (χ3v) is 1.75. The fraction of sp³-hybridized carbons (Fsp3) is 0.250. The van der Waals surface area contributed by atoms with Crippen LogP contribution in [0, 0.1) is 0 Å². The van der Waals surface area contributed by atoms with Crippen molar-refractivity contribution in [2.75, 3.05) is 0 Å². The Hall–Kier alpha value is -0.890. The Bertz CT molecular complexity index is 199. The second-order valence-corrected chi connectivity index (χ2v) is 2.37. The van der Waals surface area contributed by atoms with Gasteiger partial charge in [-0.1, -0.05) is 24.3 Å². The smallest absolute Gasteiger partial charge is 0.0211 e. The highest BCUT2D eigenvalue weighted by atomic mass is 19.0. The van der Waals surface area contributed by atoms with Crippen LogP contribution in [0.1, 0.15) is 11.1 Å². The zero-order valence-corrected chi connectivity index (χ0v) is 5.63. The summed E-state index contributed by atoms with van der Waals surface area (Å²) in [6.45, 7) is 2.10. The molecule has 0 atom stereocenters. The zero-order chi connectivity index (χ0) is 6.10. The van der Waals surface area contributed by atoms with Crippen LogP contribution in [0.25, 0.3) is 0 Å². The highest BCUT2D eigenvalue weighted by Gasteiger charge is 2.06. The van der Waals surface area contributed by atoms with E-state index in [-0.39, 0.29) is 4.70 Å². The van der Waals surface area contributed by atoms with Crippen molar-refractivity contribution in [3.8, 4) is 0 Å². The third-order valence-electron chi connectivity index (χ3n) is 1.75. The van der Waals surface area contributed by atoms with Crippen LogP contribution in [0.4, 0.5) is 4.70 Å². The van der Waals surface area contributed by atoms with Gasteiger partial charge in [0.1, 0.15) is 0 Å². The molecule has 0 fully saturated rings. The van der Waals surface area contributed by atoms with E-state index in [1.54, 1.807) is 0 Å². The molecule has 1 N–H and O–H groups in total. The summed E-state index contributed by atoms with van der Waals surface area (Å²) in [6.07, 6.45) is 0. The Balaban J connectivity index is 0.000000500. The highest BCUT2D eigenvalue weighted by molar-refractivity contribution is 5.29. The molecule has 0 aromatic heterocycles. The van der Waals surface area contributed by atoms with Gasteiger partial charge < -0.3 is 5.32 Å². The topological polar surface area (TPSA) is 12.0 Å². The molecule has 0 unspecified atom stereocenters. The van der Waals surface area contributed by atoms with E-state index in [2.05, 4.69) is 29.6 Å². The SMILES string of the molecule is F.c1ccc2c(c1)CNC2. The molecule has 0 radical (unpaired) electrons. The van der Waals surface area contributed by atoms with Gasteiger partial charge >= 0.3 is 0 Å². The van der Waals surface area contributed by atoms with Gasteiger partial charge in [-0.3, -0.25) is 4.70 Å². The van der Waals surface area contributed by atoms with Crippen LogP contribution in [0.2, 0.25) is 0 Å². The lowest BCUT2D eigenvalue weighted by Gasteiger charge is -1.91. The molecule has 1 heterocycles. The quantitative estimate of drug-likeness (QED) is 0.573. The number of rotatable bonds is 0. The van der Waals surface area contributed by atoms with Gasteiger partial charge in [0.15, 0.2) is 0 Å². The highest BCUT2D eigenvalue weighted by Crippen LogP contribution is 2.12. The summed E-state index contributed by atoms with van der Waals surface area (Å²) in [5.74, 6) is 0. The first-order valence-corrected chi connectivity index (χ1v) is 3.24. The van der Waals surface area contributed by atoms with Crippen molar-refractivity contribution in [2.45, 2.75) is 13.1 Å². The minimum absolute atomic E-state index is 0. The maximum Gasteiger partial charge on any atom is 0.0211 e. The Labute approximate surface area is 59.4 Å². The maximum absolute atomic E-state index is 3.29. The number of benzene rings is 1. The van der Waals surface area contributed by atoms with E-state index in [0.717, 1.165) is 13.1 Å². The number of fused-ring (bicyclic) bond motifs is 1. The average molecular weight is 139 g/mol. The van der Waals surface area contributed by atoms with Crippen molar-refractivity contribution in [2.24, 2.45) is 0 Å². The monoisotopic (exact) mass is 139 g/mol. The zero-order valence-electron chi connectivity index (χ0n) is 5.63. The molecule has 1 aliphatic rings. The van der Waals surface area contributed by atoms with E-state index >= 15 is 0 Å². The van der Waals surface area contributed by atoms with E-state index in [4.69, 9.17) is 0 Å². The minimum atomic E-state index is 0. The lowest BCUT2D eigenvalue weighted by Crippen LogP contribution is -1.99. The average Bonchev–Trinajstić information content (AvgIpc) is 2.33. The first-order valence-electron chi connectivity index (χ1n) is 3.24. The largest absolute Gasteiger partial charge is 0.309 e. The van der Waals surface area contributed by atoms with Crippen LogP contribution in [0.3, 0.4) is 0 Å². The summed E-state index contributed by atoms with van der Waals surface area (Å²) < 4.78 is 0. The summed E-state index contributed by atoms with van der Waals surface area (Å²) >= 11 is 0. The first-order chi connectivity index (χ1) is 4.47. The van der Waals surface area contributed by atoms with Crippen LogP contribution in [0.5, 0.6) is 0 Å². The molecule has 1 nitrogen and oxygen atoms in total. The van der Waals surface area contributed by atoms with Crippen molar-refractivity contribution in [3.63, 3.8) is 0 Å². The molecule has 0 bridgehead atoms. The van der Waals surface area contributed by atoms with Crippen LogP contribution in [-0.2, 0) is 13.1 Å². The van der Waals surface area contributed by atoms with Gasteiger partial charge in [0, 0.05) is 13.1 Å². The minimum Gasteiger partial charge on any atom is -0.309 e. The molecule has 54 valence electrons. The molecule has 1 aromatic carbocycles. The number of nitrogens with one attached hydrogen (secondary N) is 1. The summed E-state index contributed by atoms with van der Waals surface area (Å²) in [5.41, 5.74) is 2.91. The molecule has 0 aliphatic carbocycles. The van der Waals surface area contributed by atoms with Crippen molar-refractivity contribution in [1.82, 2.24) is 5.32 Å². The van der Waals surface area contributed by atoms with Gasteiger partial charge in [0.2, 0.25) is 0 Å². The van der Waals surface area contributed by atoms with Crippen LogP contribution >= 0.6 is 0 Å². The van der Waals surface area contributed by atoms with E-state index in [9.17, 15) is 0 Å². The van der Waals surface area contributed by atoms with Gasteiger partial charge in [-0.05, 0) is 11.1 Å². The van der Waals surface area contributed by atoms with Gasteiger partial charge in [0.25, 0.3) is 0 Å². The van der Waals surface area contributed by atoms with Crippen molar-refractivity contribution in [1.29, 1.82) is 0 Å². The Morgan fingerprint density at radius 1 is 1.00 bits per heavy atom. The molecular weight excluding hydrogens is 129 g/mol. The van der Waals surface area contributed by atoms with Crippen LogP contribution < -0.4 is 5.32 Å². The summed E-state index contributed by atoms with van der Waals surface area (Å²) in [7, 11) is 0. The lowest BCUT2D eigenvalue weighted by atomic mass is 10.1. The number of hydrogen-bond donors (Lipinski definition) is 1. The van der Waals surface area contributed by atoms with Crippen LogP contribution in [0.15, 0.2) is 24.3 Å². The molecule has 0 spiro atoms. The number of halogens is 1. The molecule has 10 heavy (non-hydrogen) atoms. The fourth-order valence-corrected chi connectivity index (χ4v) is 1.23. The second-order valence-electron chi connectivity index (χ2n) is 2.37. The van der Waals surface area contributed by atoms with Gasteiger partial charge in [-0.15, -0.1) is 0 Å². The van der Waals surface area contributed by atoms with Gasteiger partial charge in [0.05, 0.1) is 0 Å². The summed E-state index contributed by atoms with van der Waals surface area (Å²) in [6, 6.07) is 8.53. The van der Waals surface area contributed by atoms with E-state index < -0.39 is 0 Å². The predicted octanol–water partition coefficient (Wildman–Crippen LogP) is 1.44. The molecule has 1 aromatic rings. The molecule has 2 rings (SSSR count). The standard InChI is InChI=1S/C8H9N.FH/c1-2-4-8-6-9-5-7(8)3-1;/h1-4,9H,5-6H2;1H. The van der Waals surface area contributed by atoms with Crippen molar-refractivity contribution >= 4 is 0 Å². The summed E-state index contributed by atoms with van der Waals surface area (Å²) in [4.78, 5) is 0. The summed E-state index contributed by atoms with van der Waals surface area (Å²) in [5, 5.41) is 3.29. The molecule has 0 saturated heterocycles. The third kappa shape index (κ3) is 1.02. The van der Waals surface area contributed by atoms with Crippen molar-refractivity contribution in [3.05, 3.63) is 35.4 Å². The number of hydrogen-bond acceptors (Lipinski definition) is 1. The molecule has 0 amide bonds. The van der Waals surface area contributed by atoms with Crippen molar-refractivity contribution < 1.29 is 4.70 Å². The van der Waals surface area contributed by atoms with E-state index in [0.29, 0.717) is 0 Å². The normalized spacial score (nSPS) is 14.0. The molecular formula is C8H10FN. The van der Waals surface area contributed by atoms with Gasteiger partial charge in [-0.25, -0.2) is 0 Å². The predicted molar refractivity (Wildman–Crippen MR) is 39.5 cm³/mol. The molecule has 1 aliphatic heterocycles. The first kappa shape index (κ1) is 7.22. The second kappa shape index (κ2) is 2.80. The van der Waals surface area contributed by atoms with Gasteiger partial charge in [-0.2, -0.15) is 0 Å². The lowest BCUT2D eigenvalue weighted by molar-refractivity contribution is 0.765. The van der Waals surface area contributed by atoms with Crippen LogP contribution in [-0.4, -0.2) is 0 Å². The maximum atomic E-state index is 3.29. The molecule has 0 saturated carbocycles. The Morgan fingerprint density at radius 2 is 1.50 bits per heavy atom. The molecule has 2 heteroatoms. The van der Waals surface area contributed by atoms with E-state index in [1.165, 1.54) is 11.1 Å². The Kier molecular flexibility index (Phi) is 2.02.